The number of rotatable bonds is 5. The molecule has 4 atom stereocenters. The lowest BCUT2D eigenvalue weighted by molar-refractivity contribution is -0.529. The van der Waals surface area contributed by atoms with E-state index in [1.165, 1.54) is 0 Å². The van der Waals surface area contributed by atoms with Gasteiger partial charge < -0.3 is 4.90 Å². The Morgan fingerprint density at radius 2 is 1.64 bits per heavy atom. The molecule has 0 spiro atoms. The van der Waals surface area contributed by atoms with Gasteiger partial charge in [-0.2, -0.15) is 5.10 Å². The van der Waals surface area contributed by atoms with Crippen molar-refractivity contribution in [3.8, 4) is 0 Å². The molecule has 3 aromatic carbocycles. The van der Waals surface area contributed by atoms with Gasteiger partial charge in [-0.25, -0.2) is 0 Å². The highest BCUT2D eigenvalue weighted by Crippen LogP contribution is 2.49. The fraction of sp³-hybridized carbons (Fsp3) is 0.231. The van der Waals surface area contributed by atoms with Crippen molar-refractivity contribution in [3.05, 3.63) is 111 Å². The number of hydrogen-bond acceptors (Lipinski definition) is 6. The van der Waals surface area contributed by atoms with Crippen LogP contribution in [0.2, 0.25) is 0 Å². The van der Waals surface area contributed by atoms with Gasteiger partial charge in [-0.15, -0.1) is 0 Å². The van der Waals surface area contributed by atoms with Crippen LogP contribution in [0.3, 0.4) is 0 Å². The van der Waals surface area contributed by atoms with Gasteiger partial charge in [-0.3, -0.25) is 19.9 Å². The number of anilines is 1. The van der Waals surface area contributed by atoms with Crippen LogP contribution in [-0.2, 0) is 0 Å². The molecule has 33 heavy (non-hydrogen) atoms. The Balaban J connectivity index is 1.68. The highest BCUT2D eigenvalue weighted by molar-refractivity contribution is 6.01. The average molecular weight is 441 g/mol. The SMILES string of the molecule is CN(C)c1ccc([C@H]2[C@@H]([N+](=O)[O-])[C@@H]3c4ccccc4C=NN3[C@@H]2C(=O)c2ccccc2)cc1. The summed E-state index contributed by atoms with van der Waals surface area (Å²) in [5.74, 6) is -0.819. The maximum absolute atomic E-state index is 13.8. The molecule has 1 fully saturated rings. The molecule has 0 amide bonds. The van der Waals surface area contributed by atoms with Crippen molar-refractivity contribution in [1.82, 2.24) is 5.01 Å². The lowest BCUT2D eigenvalue weighted by Crippen LogP contribution is -2.38. The van der Waals surface area contributed by atoms with Crippen molar-refractivity contribution in [2.45, 2.75) is 24.0 Å². The van der Waals surface area contributed by atoms with Crippen LogP contribution in [0.25, 0.3) is 0 Å². The third kappa shape index (κ3) is 3.46. The number of hydrazone groups is 1. The van der Waals surface area contributed by atoms with E-state index in [4.69, 9.17) is 0 Å². The number of carbonyl (C=O) groups is 1. The van der Waals surface area contributed by atoms with Crippen LogP contribution in [0.4, 0.5) is 5.69 Å². The standard InChI is InChI=1S/C26H24N4O3/c1-28(2)20-14-12-17(13-15-20)22-24(30(32)33)23-21-11-7-6-10-19(21)16-27-29(23)25(22)26(31)18-8-4-3-5-9-18/h3-16,22-25H,1-2H3/t22-,23-,24+,25-/m0/s1. The first-order valence-corrected chi connectivity index (χ1v) is 10.9. The lowest BCUT2D eigenvalue weighted by Gasteiger charge is -2.30. The van der Waals surface area contributed by atoms with E-state index in [2.05, 4.69) is 5.10 Å². The van der Waals surface area contributed by atoms with Gasteiger partial charge in [0, 0.05) is 35.8 Å². The summed E-state index contributed by atoms with van der Waals surface area (Å²) in [6.07, 6.45) is 1.70. The molecule has 2 aliphatic rings. The Morgan fingerprint density at radius 3 is 2.30 bits per heavy atom. The van der Waals surface area contributed by atoms with E-state index >= 15 is 0 Å². The van der Waals surface area contributed by atoms with Gasteiger partial charge in [0.2, 0.25) is 6.04 Å². The summed E-state index contributed by atoms with van der Waals surface area (Å²) in [7, 11) is 3.89. The van der Waals surface area contributed by atoms with Crippen LogP contribution in [0.1, 0.15) is 39.0 Å². The number of nitrogens with zero attached hydrogens (tertiary/aromatic N) is 4. The third-order valence-electron chi connectivity index (χ3n) is 6.61. The molecule has 0 radical (unpaired) electrons. The van der Waals surface area contributed by atoms with E-state index in [-0.39, 0.29) is 10.7 Å². The Labute approximate surface area is 192 Å². The van der Waals surface area contributed by atoms with Crippen molar-refractivity contribution in [3.63, 3.8) is 0 Å². The number of hydrogen-bond donors (Lipinski definition) is 0. The van der Waals surface area contributed by atoms with E-state index in [9.17, 15) is 14.9 Å². The van der Waals surface area contributed by atoms with E-state index < -0.39 is 24.0 Å². The maximum Gasteiger partial charge on any atom is 0.248 e. The zero-order valence-corrected chi connectivity index (χ0v) is 18.4. The molecule has 2 heterocycles. The number of carbonyl (C=O) groups excluding carboxylic acids is 1. The molecular weight excluding hydrogens is 416 g/mol. The summed E-state index contributed by atoms with van der Waals surface area (Å²) in [5, 5.41) is 18.8. The van der Waals surface area contributed by atoms with Gasteiger partial charge in [-0.1, -0.05) is 66.7 Å². The summed E-state index contributed by atoms with van der Waals surface area (Å²) in [6, 6.07) is 21.8. The van der Waals surface area contributed by atoms with Crippen molar-refractivity contribution < 1.29 is 9.72 Å². The van der Waals surface area contributed by atoms with Crippen molar-refractivity contribution in [2.75, 3.05) is 19.0 Å². The summed E-state index contributed by atoms with van der Waals surface area (Å²) < 4.78 is 0. The highest BCUT2D eigenvalue weighted by atomic mass is 16.6. The summed E-state index contributed by atoms with van der Waals surface area (Å²) in [5.41, 5.74) is 3.95. The fourth-order valence-electron chi connectivity index (χ4n) is 5.05. The Hall–Kier alpha value is -4.00. The average Bonchev–Trinajstić information content (AvgIpc) is 3.20. The molecule has 0 aliphatic carbocycles. The molecule has 2 aliphatic heterocycles. The first kappa shape index (κ1) is 20.9. The quantitative estimate of drug-likeness (QED) is 0.339. The molecule has 0 aromatic heterocycles. The monoisotopic (exact) mass is 440 g/mol. The smallest absolute Gasteiger partial charge is 0.248 e. The zero-order valence-electron chi connectivity index (χ0n) is 18.4. The summed E-state index contributed by atoms with van der Waals surface area (Å²) in [6.45, 7) is 0. The second-order valence-corrected chi connectivity index (χ2v) is 8.66. The van der Waals surface area contributed by atoms with E-state index in [1.807, 2.05) is 73.6 Å². The number of ketones is 1. The molecule has 0 N–H and O–H groups in total. The second kappa shape index (κ2) is 8.16. The number of nitro groups is 1. The first-order valence-electron chi connectivity index (χ1n) is 10.9. The van der Waals surface area contributed by atoms with Crippen molar-refractivity contribution >= 4 is 17.7 Å². The van der Waals surface area contributed by atoms with Crippen LogP contribution in [-0.4, -0.2) is 48.1 Å². The topological polar surface area (TPSA) is 79.0 Å². The molecule has 0 bridgehead atoms. The van der Waals surface area contributed by atoms with E-state index in [0.717, 1.165) is 22.4 Å². The van der Waals surface area contributed by atoms with Crippen LogP contribution in [0.5, 0.6) is 0 Å². The normalized spacial score (nSPS) is 23.0. The Morgan fingerprint density at radius 1 is 0.970 bits per heavy atom. The van der Waals surface area contributed by atoms with Gasteiger partial charge in [0.1, 0.15) is 12.1 Å². The van der Waals surface area contributed by atoms with E-state index in [0.29, 0.717) is 5.56 Å². The molecule has 5 rings (SSSR count). The molecule has 7 nitrogen and oxygen atoms in total. The van der Waals surface area contributed by atoms with Crippen LogP contribution in [0.15, 0.2) is 84.0 Å². The fourth-order valence-corrected chi connectivity index (χ4v) is 5.05. The number of fused-ring (bicyclic) bond motifs is 3. The Bertz CT molecular complexity index is 1220. The largest absolute Gasteiger partial charge is 0.378 e. The van der Waals surface area contributed by atoms with Crippen LogP contribution < -0.4 is 4.90 Å². The third-order valence-corrected chi connectivity index (χ3v) is 6.61. The molecule has 7 heteroatoms. The highest BCUT2D eigenvalue weighted by Gasteiger charge is 2.60. The number of Topliss-reactive ketones (excluding diaryl/α,β-unsaturated/α-hetero) is 1. The predicted octanol–water partition coefficient (Wildman–Crippen LogP) is 4.14. The number of benzene rings is 3. The van der Waals surface area contributed by atoms with Crippen molar-refractivity contribution in [1.29, 1.82) is 0 Å². The van der Waals surface area contributed by atoms with Gasteiger partial charge in [-0.05, 0) is 23.3 Å². The Kier molecular flexibility index (Phi) is 5.17. The van der Waals surface area contributed by atoms with Crippen LogP contribution in [0, 0.1) is 10.1 Å². The minimum atomic E-state index is -1.02. The molecule has 166 valence electrons. The van der Waals surface area contributed by atoms with E-state index in [1.54, 1.807) is 35.5 Å². The molecule has 0 saturated carbocycles. The predicted molar refractivity (Wildman–Crippen MR) is 127 cm³/mol. The van der Waals surface area contributed by atoms with Crippen LogP contribution >= 0.6 is 0 Å². The zero-order chi connectivity index (χ0) is 23.1. The van der Waals surface area contributed by atoms with Gasteiger partial charge in [0.15, 0.2) is 5.78 Å². The maximum atomic E-state index is 13.8. The molecule has 3 aromatic rings. The van der Waals surface area contributed by atoms with Gasteiger partial charge in [0.25, 0.3) is 0 Å². The molecule has 1 saturated heterocycles. The van der Waals surface area contributed by atoms with Crippen molar-refractivity contribution in [2.24, 2.45) is 5.10 Å². The van der Waals surface area contributed by atoms with Gasteiger partial charge >= 0.3 is 0 Å². The minimum absolute atomic E-state index is 0.164. The summed E-state index contributed by atoms with van der Waals surface area (Å²) >= 11 is 0. The molecular formula is C26H24N4O3. The minimum Gasteiger partial charge on any atom is -0.378 e. The summed E-state index contributed by atoms with van der Waals surface area (Å²) in [4.78, 5) is 28.1. The van der Waals surface area contributed by atoms with Gasteiger partial charge in [0.05, 0.1) is 12.1 Å². The first-order chi connectivity index (χ1) is 16.0. The molecule has 0 unspecified atom stereocenters. The second-order valence-electron chi connectivity index (χ2n) is 8.66. The lowest BCUT2D eigenvalue weighted by atomic mass is 9.82.